The fourth-order valence-electron chi connectivity index (χ4n) is 3.71. The molecule has 3 aromatic carbocycles. The van der Waals surface area contributed by atoms with Crippen LogP contribution in [0.4, 0.5) is 0 Å². The molecule has 0 aliphatic carbocycles. The van der Waals surface area contributed by atoms with Gasteiger partial charge in [-0.3, -0.25) is 9.59 Å². The number of benzene rings is 3. The molecule has 184 valence electrons. The molecule has 3 rings (SSSR count). The largest absolute Gasteiger partial charge is 0.354 e. The number of unbranched alkanes of at least 4 members (excludes halogenated alkanes) is 1. The summed E-state index contributed by atoms with van der Waals surface area (Å²) < 4.78 is 0. The van der Waals surface area contributed by atoms with Crippen molar-refractivity contribution in [3.05, 3.63) is 101 Å². The first-order chi connectivity index (χ1) is 17.0. The Balaban J connectivity index is 1.86. The van der Waals surface area contributed by atoms with E-state index in [1.165, 1.54) is 17.3 Å². The van der Waals surface area contributed by atoms with Gasteiger partial charge in [0.1, 0.15) is 6.04 Å². The highest BCUT2D eigenvalue weighted by molar-refractivity contribution is 8.00. The van der Waals surface area contributed by atoms with Gasteiger partial charge in [-0.15, -0.1) is 11.8 Å². The number of amides is 2. The van der Waals surface area contributed by atoms with Crippen molar-refractivity contribution < 1.29 is 9.59 Å². The van der Waals surface area contributed by atoms with Crippen LogP contribution >= 0.6 is 23.4 Å². The van der Waals surface area contributed by atoms with Gasteiger partial charge in [0.25, 0.3) is 0 Å². The van der Waals surface area contributed by atoms with E-state index in [1.807, 2.05) is 85.8 Å². The van der Waals surface area contributed by atoms with Crippen LogP contribution in [0.5, 0.6) is 0 Å². The molecule has 1 N–H and O–H groups in total. The molecule has 0 aromatic heterocycles. The van der Waals surface area contributed by atoms with E-state index in [0.717, 1.165) is 28.9 Å². The van der Waals surface area contributed by atoms with Crippen LogP contribution in [0.3, 0.4) is 0 Å². The molecule has 3 aromatic rings. The molecule has 0 spiro atoms. The van der Waals surface area contributed by atoms with Gasteiger partial charge in [-0.2, -0.15) is 0 Å². The van der Waals surface area contributed by atoms with Crippen LogP contribution in [0.15, 0.2) is 83.8 Å². The summed E-state index contributed by atoms with van der Waals surface area (Å²) in [4.78, 5) is 29.8. The number of hydrogen-bond donors (Lipinski definition) is 1. The molecule has 0 saturated carbocycles. The Morgan fingerprint density at radius 2 is 1.63 bits per heavy atom. The van der Waals surface area contributed by atoms with Gasteiger partial charge >= 0.3 is 0 Å². The maximum Gasteiger partial charge on any atom is 0.243 e. The Labute approximate surface area is 218 Å². The lowest BCUT2D eigenvalue weighted by Crippen LogP contribution is -2.51. The Morgan fingerprint density at radius 1 is 0.943 bits per heavy atom. The van der Waals surface area contributed by atoms with Crippen molar-refractivity contribution in [3.8, 4) is 0 Å². The number of halogens is 1. The normalized spacial score (nSPS) is 11.6. The smallest absolute Gasteiger partial charge is 0.243 e. The number of aryl methyl sites for hydroxylation is 1. The molecule has 6 heteroatoms. The number of carbonyl (C=O) groups excluding carboxylic acids is 2. The zero-order valence-corrected chi connectivity index (χ0v) is 21.9. The van der Waals surface area contributed by atoms with Gasteiger partial charge in [0, 0.05) is 29.4 Å². The van der Waals surface area contributed by atoms with E-state index in [2.05, 4.69) is 12.2 Å². The number of nitrogens with one attached hydrogen (secondary N) is 1. The first-order valence-corrected chi connectivity index (χ1v) is 13.4. The van der Waals surface area contributed by atoms with Crippen LogP contribution in [0.25, 0.3) is 0 Å². The van der Waals surface area contributed by atoms with Crippen molar-refractivity contribution in [3.63, 3.8) is 0 Å². The molecular formula is C29H33ClN2O2S. The zero-order chi connectivity index (χ0) is 25.0. The minimum absolute atomic E-state index is 0.0721. The van der Waals surface area contributed by atoms with Gasteiger partial charge in [-0.1, -0.05) is 85.1 Å². The first-order valence-electron chi connectivity index (χ1n) is 12.0. The summed E-state index contributed by atoms with van der Waals surface area (Å²) in [6.07, 6.45) is 2.34. The third kappa shape index (κ3) is 8.75. The van der Waals surface area contributed by atoms with Crippen LogP contribution in [0.2, 0.25) is 5.02 Å². The van der Waals surface area contributed by atoms with E-state index in [9.17, 15) is 9.59 Å². The van der Waals surface area contributed by atoms with Crippen LogP contribution in [-0.2, 0) is 22.6 Å². The van der Waals surface area contributed by atoms with Crippen LogP contribution in [0, 0.1) is 6.92 Å². The fraction of sp³-hybridized carbons (Fsp3) is 0.310. The van der Waals surface area contributed by atoms with E-state index in [0.29, 0.717) is 24.5 Å². The highest BCUT2D eigenvalue weighted by atomic mass is 35.5. The van der Waals surface area contributed by atoms with Crippen molar-refractivity contribution in [2.24, 2.45) is 0 Å². The Morgan fingerprint density at radius 3 is 2.29 bits per heavy atom. The van der Waals surface area contributed by atoms with Crippen LogP contribution in [-0.4, -0.2) is 35.1 Å². The monoisotopic (exact) mass is 508 g/mol. The minimum atomic E-state index is -0.615. The lowest BCUT2D eigenvalue weighted by Gasteiger charge is -2.31. The molecule has 0 radical (unpaired) electrons. The highest BCUT2D eigenvalue weighted by Crippen LogP contribution is 2.22. The molecule has 4 nitrogen and oxygen atoms in total. The fourth-order valence-corrected chi connectivity index (χ4v) is 4.62. The third-order valence-corrected chi connectivity index (χ3v) is 7.00. The molecule has 0 aliphatic rings. The molecule has 0 saturated heterocycles. The zero-order valence-electron chi connectivity index (χ0n) is 20.4. The van der Waals surface area contributed by atoms with Crippen molar-refractivity contribution in [2.75, 3.05) is 12.3 Å². The second kappa shape index (κ2) is 14.0. The summed E-state index contributed by atoms with van der Waals surface area (Å²) in [6, 6.07) is 24.8. The summed E-state index contributed by atoms with van der Waals surface area (Å²) in [5.74, 6) is 0.0616. The molecule has 0 unspecified atom stereocenters. The Bertz CT molecular complexity index is 1070. The van der Waals surface area contributed by atoms with Crippen LogP contribution < -0.4 is 5.32 Å². The summed E-state index contributed by atoms with van der Waals surface area (Å²) in [7, 11) is 0. The molecule has 0 bridgehead atoms. The number of nitrogens with zero attached hydrogens (tertiary/aromatic N) is 1. The minimum Gasteiger partial charge on any atom is -0.354 e. The van der Waals surface area contributed by atoms with Crippen molar-refractivity contribution in [1.29, 1.82) is 0 Å². The van der Waals surface area contributed by atoms with Crippen molar-refractivity contribution in [2.45, 2.75) is 50.6 Å². The predicted octanol–water partition coefficient (Wildman–Crippen LogP) is 6.30. The summed E-state index contributed by atoms with van der Waals surface area (Å²) in [5.41, 5.74) is 3.13. The second-order valence-electron chi connectivity index (χ2n) is 8.60. The van der Waals surface area contributed by atoms with Gasteiger partial charge in [0.15, 0.2) is 0 Å². The maximum absolute atomic E-state index is 13.6. The summed E-state index contributed by atoms with van der Waals surface area (Å²) in [5, 5.41) is 3.69. The predicted molar refractivity (Wildman–Crippen MR) is 146 cm³/mol. The summed E-state index contributed by atoms with van der Waals surface area (Å²) in [6.45, 7) is 5.07. The highest BCUT2D eigenvalue weighted by Gasteiger charge is 2.30. The lowest BCUT2D eigenvalue weighted by atomic mass is 10.0. The Kier molecular flexibility index (Phi) is 10.7. The second-order valence-corrected chi connectivity index (χ2v) is 10.1. The number of thioether (sulfide) groups is 1. The third-order valence-electron chi connectivity index (χ3n) is 5.75. The van der Waals surface area contributed by atoms with E-state index in [-0.39, 0.29) is 17.6 Å². The van der Waals surface area contributed by atoms with E-state index in [4.69, 9.17) is 11.6 Å². The van der Waals surface area contributed by atoms with Gasteiger partial charge in [-0.05, 0) is 48.7 Å². The van der Waals surface area contributed by atoms with E-state index >= 15 is 0 Å². The topological polar surface area (TPSA) is 49.4 Å². The molecular weight excluding hydrogens is 476 g/mol. The SMILES string of the molecule is CCCCNC(=O)[C@H](Cc1ccccc1)N(Cc1ccc(Cl)cc1)C(=O)CSc1ccc(C)cc1. The van der Waals surface area contributed by atoms with E-state index in [1.54, 1.807) is 4.90 Å². The molecule has 2 amide bonds. The standard InChI is InChI=1S/C29H33ClN2O2S/c1-3-4-18-31-29(34)27(19-23-8-6-5-7-9-23)32(20-24-12-14-25(30)15-13-24)28(33)21-35-26-16-10-22(2)11-17-26/h5-17,27H,3-4,18-21H2,1-2H3,(H,31,34)/t27-/m0/s1. The quantitative estimate of drug-likeness (QED) is 0.231. The molecule has 0 heterocycles. The Hall–Kier alpha value is -2.76. The van der Waals surface area contributed by atoms with Crippen molar-refractivity contribution >= 4 is 35.2 Å². The average Bonchev–Trinajstić information content (AvgIpc) is 2.87. The van der Waals surface area contributed by atoms with E-state index < -0.39 is 6.04 Å². The lowest BCUT2D eigenvalue weighted by molar-refractivity contribution is -0.139. The molecule has 35 heavy (non-hydrogen) atoms. The molecule has 0 aliphatic heterocycles. The molecule has 1 atom stereocenters. The van der Waals surface area contributed by atoms with Gasteiger partial charge in [-0.25, -0.2) is 0 Å². The van der Waals surface area contributed by atoms with Crippen LogP contribution in [0.1, 0.15) is 36.5 Å². The first kappa shape index (κ1) is 26.8. The number of hydrogen-bond acceptors (Lipinski definition) is 3. The van der Waals surface area contributed by atoms with Gasteiger partial charge in [0.05, 0.1) is 5.75 Å². The average molecular weight is 509 g/mol. The number of rotatable bonds is 12. The molecule has 0 fully saturated rings. The summed E-state index contributed by atoms with van der Waals surface area (Å²) >= 11 is 7.57. The van der Waals surface area contributed by atoms with Gasteiger partial charge in [0.2, 0.25) is 11.8 Å². The van der Waals surface area contributed by atoms with Gasteiger partial charge < -0.3 is 10.2 Å². The van der Waals surface area contributed by atoms with Crippen molar-refractivity contribution in [1.82, 2.24) is 10.2 Å². The number of carbonyl (C=O) groups is 2. The maximum atomic E-state index is 13.6.